The Morgan fingerprint density at radius 3 is 3.28 bits per heavy atom. The Bertz CT molecular complexity index is 399. The third-order valence-electron chi connectivity index (χ3n) is 3.09. The van der Waals surface area contributed by atoms with Crippen molar-refractivity contribution in [3.8, 4) is 0 Å². The summed E-state index contributed by atoms with van der Waals surface area (Å²) in [6, 6.07) is -0.466. The fourth-order valence-electron chi connectivity index (χ4n) is 1.95. The van der Waals surface area contributed by atoms with Crippen molar-refractivity contribution in [1.29, 1.82) is 0 Å². The largest absolute Gasteiger partial charge is 0.376 e. The van der Waals surface area contributed by atoms with E-state index in [-0.39, 0.29) is 12.0 Å². The van der Waals surface area contributed by atoms with Gasteiger partial charge in [0, 0.05) is 12.8 Å². The van der Waals surface area contributed by atoms with Crippen molar-refractivity contribution in [3.63, 3.8) is 0 Å². The van der Waals surface area contributed by atoms with Crippen molar-refractivity contribution in [3.05, 3.63) is 12.4 Å². The molecule has 3 N–H and O–H groups in total. The summed E-state index contributed by atoms with van der Waals surface area (Å²) < 4.78 is 7.33. The van der Waals surface area contributed by atoms with Gasteiger partial charge in [-0.3, -0.25) is 9.48 Å². The van der Waals surface area contributed by atoms with Crippen LogP contribution in [0.25, 0.3) is 0 Å². The molecule has 1 aromatic heterocycles. The summed E-state index contributed by atoms with van der Waals surface area (Å²) in [6.07, 6.45) is 6.49. The first-order chi connectivity index (χ1) is 8.69. The highest BCUT2D eigenvalue weighted by molar-refractivity contribution is 5.94. The van der Waals surface area contributed by atoms with Gasteiger partial charge in [-0.2, -0.15) is 5.10 Å². The average molecular weight is 252 g/mol. The summed E-state index contributed by atoms with van der Waals surface area (Å²) in [5, 5.41) is 6.95. The molecule has 1 amide bonds. The van der Waals surface area contributed by atoms with Crippen LogP contribution in [0.2, 0.25) is 0 Å². The first-order valence-electron chi connectivity index (χ1n) is 6.39. The molecule has 2 atom stereocenters. The highest BCUT2D eigenvalue weighted by Gasteiger charge is 2.17. The maximum absolute atomic E-state index is 11.6. The number of ether oxygens (including phenoxy) is 1. The predicted molar refractivity (Wildman–Crippen MR) is 68.1 cm³/mol. The Hall–Kier alpha value is -1.40. The van der Waals surface area contributed by atoms with Crippen LogP contribution < -0.4 is 11.1 Å². The molecule has 1 aliphatic heterocycles. The van der Waals surface area contributed by atoms with Crippen LogP contribution in [0.4, 0.5) is 5.69 Å². The molecule has 1 saturated heterocycles. The van der Waals surface area contributed by atoms with Gasteiger partial charge in [-0.25, -0.2) is 0 Å². The zero-order valence-corrected chi connectivity index (χ0v) is 10.6. The van der Waals surface area contributed by atoms with E-state index in [1.807, 2.05) is 13.1 Å². The lowest BCUT2D eigenvalue weighted by atomic mass is 10.2. The van der Waals surface area contributed by atoms with Crippen molar-refractivity contribution in [2.75, 3.05) is 11.9 Å². The second-order valence-corrected chi connectivity index (χ2v) is 4.59. The standard InChI is InChI=1S/C12H20N4O2/c1-2-11(13)12(17)15-9-6-14-16(7-9)8-10-4-3-5-18-10/h6-7,10-11H,2-5,8,13H2,1H3,(H,15,17)/t10?,11-/m0/s1. The molecule has 100 valence electrons. The van der Waals surface area contributed by atoms with Crippen LogP contribution in [0.1, 0.15) is 26.2 Å². The summed E-state index contributed by atoms with van der Waals surface area (Å²) in [5.41, 5.74) is 6.33. The quantitative estimate of drug-likeness (QED) is 0.809. The number of hydrogen-bond acceptors (Lipinski definition) is 4. The lowest BCUT2D eigenvalue weighted by Gasteiger charge is -2.09. The molecule has 6 heteroatoms. The monoisotopic (exact) mass is 252 g/mol. The zero-order chi connectivity index (χ0) is 13.0. The minimum absolute atomic E-state index is 0.172. The normalized spacial score (nSPS) is 20.9. The van der Waals surface area contributed by atoms with E-state index in [0.717, 1.165) is 26.0 Å². The average Bonchev–Trinajstić information content (AvgIpc) is 3.01. The van der Waals surface area contributed by atoms with E-state index >= 15 is 0 Å². The highest BCUT2D eigenvalue weighted by atomic mass is 16.5. The minimum Gasteiger partial charge on any atom is -0.376 e. The van der Waals surface area contributed by atoms with Gasteiger partial charge in [-0.05, 0) is 19.3 Å². The van der Waals surface area contributed by atoms with Crippen molar-refractivity contribution in [2.45, 2.75) is 44.9 Å². The summed E-state index contributed by atoms with van der Waals surface area (Å²) >= 11 is 0. The van der Waals surface area contributed by atoms with E-state index in [9.17, 15) is 4.79 Å². The first-order valence-corrected chi connectivity index (χ1v) is 6.39. The van der Waals surface area contributed by atoms with Crippen LogP contribution in [0.5, 0.6) is 0 Å². The lowest BCUT2D eigenvalue weighted by Crippen LogP contribution is -2.34. The second kappa shape index (κ2) is 5.97. The maximum Gasteiger partial charge on any atom is 0.241 e. The lowest BCUT2D eigenvalue weighted by molar-refractivity contribution is -0.117. The number of nitrogens with two attached hydrogens (primary N) is 1. The van der Waals surface area contributed by atoms with Gasteiger partial charge >= 0.3 is 0 Å². The number of nitrogens with one attached hydrogen (secondary N) is 1. The van der Waals surface area contributed by atoms with Crippen LogP contribution in [0, 0.1) is 0 Å². The van der Waals surface area contributed by atoms with Crippen molar-refractivity contribution in [2.24, 2.45) is 5.73 Å². The fourth-order valence-corrected chi connectivity index (χ4v) is 1.95. The highest BCUT2D eigenvalue weighted by Crippen LogP contribution is 2.15. The molecular formula is C12H20N4O2. The van der Waals surface area contributed by atoms with Gasteiger partial charge in [0.15, 0.2) is 0 Å². The Morgan fingerprint density at radius 1 is 1.78 bits per heavy atom. The third kappa shape index (κ3) is 3.30. The molecule has 0 radical (unpaired) electrons. The number of nitrogens with zero attached hydrogens (tertiary/aromatic N) is 2. The number of aromatic nitrogens is 2. The predicted octanol–water partition coefficient (Wildman–Crippen LogP) is 0.738. The Morgan fingerprint density at radius 2 is 2.61 bits per heavy atom. The molecule has 1 aliphatic rings. The molecule has 2 rings (SSSR count). The topological polar surface area (TPSA) is 82.2 Å². The number of anilines is 1. The molecule has 1 aromatic rings. The van der Waals surface area contributed by atoms with Gasteiger partial charge in [-0.1, -0.05) is 6.92 Å². The van der Waals surface area contributed by atoms with Crippen LogP contribution in [-0.4, -0.2) is 34.4 Å². The molecule has 1 unspecified atom stereocenters. The minimum atomic E-state index is -0.466. The van der Waals surface area contributed by atoms with Crippen LogP contribution in [-0.2, 0) is 16.1 Å². The summed E-state index contributed by atoms with van der Waals surface area (Å²) in [4.78, 5) is 11.6. The van der Waals surface area contributed by atoms with E-state index in [2.05, 4.69) is 10.4 Å². The van der Waals surface area contributed by atoms with Gasteiger partial charge < -0.3 is 15.8 Å². The summed E-state index contributed by atoms with van der Waals surface area (Å²) in [5.74, 6) is -0.172. The molecule has 1 fully saturated rings. The Labute approximate surface area is 106 Å². The number of carbonyl (C=O) groups excluding carboxylic acids is 1. The third-order valence-corrected chi connectivity index (χ3v) is 3.09. The van der Waals surface area contributed by atoms with Crippen LogP contribution >= 0.6 is 0 Å². The molecule has 2 heterocycles. The van der Waals surface area contributed by atoms with E-state index in [1.54, 1.807) is 10.9 Å². The molecule has 0 bridgehead atoms. The number of hydrogen-bond donors (Lipinski definition) is 2. The second-order valence-electron chi connectivity index (χ2n) is 4.59. The maximum atomic E-state index is 11.6. The Kier molecular flexibility index (Phi) is 4.33. The van der Waals surface area contributed by atoms with Crippen LogP contribution in [0.15, 0.2) is 12.4 Å². The van der Waals surface area contributed by atoms with E-state index in [0.29, 0.717) is 12.1 Å². The summed E-state index contributed by atoms with van der Waals surface area (Å²) in [6.45, 7) is 3.45. The first kappa shape index (κ1) is 13.0. The molecule has 18 heavy (non-hydrogen) atoms. The molecule has 0 saturated carbocycles. The number of amides is 1. The smallest absolute Gasteiger partial charge is 0.241 e. The van der Waals surface area contributed by atoms with Gasteiger partial charge in [0.05, 0.1) is 30.6 Å². The van der Waals surface area contributed by atoms with Gasteiger partial charge in [0.1, 0.15) is 0 Å². The molecule has 6 nitrogen and oxygen atoms in total. The molecule has 0 aliphatic carbocycles. The molecular weight excluding hydrogens is 232 g/mol. The van der Waals surface area contributed by atoms with E-state index in [1.165, 1.54) is 0 Å². The zero-order valence-electron chi connectivity index (χ0n) is 10.6. The van der Waals surface area contributed by atoms with E-state index < -0.39 is 6.04 Å². The van der Waals surface area contributed by atoms with Crippen molar-refractivity contribution < 1.29 is 9.53 Å². The number of rotatable bonds is 5. The number of carbonyl (C=O) groups is 1. The summed E-state index contributed by atoms with van der Waals surface area (Å²) in [7, 11) is 0. The Balaban J connectivity index is 1.87. The van der Waals surface area contributed by atoms with Gasteiger partial charge in [-0.15, -0.1) is 0 Å². The van der Waals surface area contributed by atoms with Gasteiger partial charge in [0.2, 0.25) is 5.91 Å². The van der Waals surface area contributed by atoms with E-state index in [4.69, 9.17) is 10.5 Å². The van der Waals surface area contributed by atoms with Crippen molar-refractivity contribution >= 4 is 11.6 Å². The van der Waals surface area contributed by atoms with Gasteiger partial charge in [0.25, 0.3) is 0 Å². The molecule has 0 aromatic carbocycles. The molecule has 0 spiro atoms. The fraction of sp³-hybridized carbons (Fsp3) is 0.667. The SMILES string of the molecule is CC[C@H](N)C(=O)Nc1cnn(CC2CCCO2)c1. The van der Waals surface area contributed by atoms with Crippen molar-refractivity contribution in [1.82, 2.24) is 9.78 Å². The van der Waals surface area contributed by atoms with Crippen LogP contribution in [0.3, 0.4) is 0 Å².